The molecule has 0 aliphatic carbocycles. The maximum atomic E-state index is 11.1. The van der Waals surface area contributed by atoms with Crippen LogP contribution in [0.5, 0.6) is 0 Å². The van der Waals surface area contributed by atoms with E-state index in [1.807, 2.05) is 32.0 Å². The highest BCUT2D eigenvalue weighted by molar-refractivity contribution is 5.94. The molecular weight excluding hydrogens is 402 g/mol. The molecule has 1 fully saturated rings. The zero-order valence-electron chi connectivity index (χ0n) is 18.2. The van der Waals surface area contributed by atoms with Gasteiger partial charge in [-0.25, -0.2) is 19.9 Å². The van der Waals surface area contributed by atoms with Crippen molar-refractivity contribution in [3.05, 3.63) is 77.6 Å². The number of aliphatic hydroxyl groups excluding tert-OH is 1. The number of morpholine rings is 1. The second kappa shape index (κ2) is 8.61. The van der Waals surface area contributed by atoms with Crippen LogP contribution < -0.4 is 4.90 Å². The second-order valence-electron chi connectivity index (χ2n) is 8.09. The summed E-state index contributed by atoms with van der Waals surface area (Å²) in [6.45, 7) is 7.14. The zero-order valence-corrected chi connectivity index (χ0v) is 18.2. The first-order valence-electron chi connectivity index (χ1n) is 10.7. The number of nitrogens with zero attached hydrogens (tertiary/aromatic N) is 5. The molecule has 7 nitrogen and oxygen atoms in total. The molecule has 0 saturated carbocycles. The number of fused-ring (bicyclic) bond motifs is 1. The molecular formula is C25H25N5O2. The number of aromatic nitrogens is 4. The molecule has 1 unspecified atom stereocenters. The molecule has 4 aromatic rings. The molecule has 162 valence electrons. The monoisotopic (exact) mass is 427 g/mol. The van der Waals surface area contributed by atoms with E-state index in [1.165, 1.54) is 6.33 Å². The van der Waals surface area contributed by atoms with Gasteiger partial charge in [-0.05, 0) is 54.8 Å². The van der Waals surface area contributed by atoms with Gasteiger partial charge in [0.15, 0.2) is 0 Å². The Morgan fingerprint density at radius 3 is 2.59 bits per heavy atom. The van der Waals surface area contributed by atoms with Crippen LogP contribution in [0.2, 0.25) is 0 Å². The topological polar surface area (TPSA) is 84.3 Å². The summed E-state index contributed by atoms with van der Waals surface area (Å²) in [5.41, 5.74) is 7.08. The summed E-state index contributed by atoms with van der Waals surface area (Å²) in [7, 11) is 0. The van der Waals surface area contributed by atoms with Crippen molar-refractivity contribution in [1.82, 2.24) is 19.9 Å². The van der Waals surface area contributed by atoms with Gasteiger partial charge in [0.2, 0.25) is 0 Å². The summed E-state index contributed by atoms with van der Waals surface area (Å²) in [5, 5.41) is 12.1. The average molecular weight is 428 g/mol. The molecule has 0 radical (unpaired) electrons. The van der Waals surface area contributed by atoms with Gasteiger partial charge in [-0.3, -0.25) is 0 Å². The predicted octanol–water partition coefficient (Wildman–Crippen LogP) is 3.62. The van der Waals surface area contributed by atoms with Crippen LogP contribution in [0.3, 0.4) is 0 Å². The van der Waals surface area contributed by atoms with E-state index in [0.29, 0.717) is 5.69 Å². The molecule has 7 heteroatoms. The van der Waals surface area contributed by atoms with E-state index in [4.69, 9.17) is 4.74 Å². The molecule has 2 aromatic carbocycles. The number of benzene rings is 2. The van der Waals surface area contributed by atoms with E-state index in [9.17, 15) is 5.11 Å². The quantitative estimate of drug-likeness (QED) is 0.532. The third-order valence-corrected chi connectivity index (χ3v) is 6.04. The first-order chi connectivity index (χ1) is 15.6. The summed E-state index contributed by atoms with van der Waals surface area (Å²) >= 11 is 0. The Hall–Kier alpha value is -3.42. The molecule has 1 saturated heterocycles. The highest BCUT2D eigenvalue weighted by Crippen LogP contribution is 2.33. The molecule has 0 spiro atoms. The van der Waals surface area contributed by atoms with Gasteiger partial charge in [-0.1, -0.05) is 12.1 Å². The molecule has 32 heavy (non-hydrogen) atoms. The maximum Gasteiger partial charge on any atom is 0.122 e. The largest absolute Gasteiger partial charge is 0.382 e. The average Bonchev–Trinajstić information content (AvgIpc) is 2.84. The van der Waals surface area contributed by atoms with Crippen molar-refractivity contribution in [2.24, 2.45) is 0 Å². The molecule has 1 aliphatic rings. The second-order valence-corrected chi connectivity index (χ2v) is 8.09. The van der Waals surface area contributed by atoms with Crippen LogP contribution in [0.15, 0.2) is 55.2 Å². The van der Waals surface area contributed by atoms with Crippen molar-refractivity contribution in [3.63, 3.8) is 0 Å². The van der Waals surface area contributed by atoms with Crippen LogP contribution in [-0.4, -0.2) is 51.3 Å². The summed E-state index contributed by atoms with van der Waals surface area (Å²) in [5.74, 6) is 0. The lowest BCUT2D eigenvalue weighted by Crippen LogP contribution is -2.36. The van der Waals surface area contributed by atoms with Crippen LogP contribution in [0.4, 0.5) is 5.69 Å². The third kappa shape index (κ3) is 3.81. The summed E-state index contributed by atoms with van der Waals surface area (Å²) in [6.07, 6.45) is 3.95. The lowest BCUT2D eigenvalue weighted by molar-refractivity contribution is 0.122. The van der Waals surface area contributed by atoms with Gasteiger partial charge in [-0.2, -0.15) is 0 Å². The third-order valence-electron chi connectivity index (χ3n) is 6.04. The van der Waals surface area contributed by atoms with Gasteiger partial charge in [-0.15, -0.1) is 0 Å². The van der Waals surface area contributed by atoms with Crippen molar-refractivity contribution in [3.8, 4) is 11.3 Å². The Labute approximate surface area is 186 Å². The lowest BCUT2D eigenvalue weighted by atomic mass is 9.95. The van der Waals surface area contributed by atoms with Gasteiger partial charge in [0.1, 0.15) is 18.8 Å². The number of aryl methyl sites for hydroxylation is 2. The molecule has 0 amide bonds. The molecule has 3 heterocycles. The van der Waals surface area contributed by atoms with Crippen LogP contribution >= 0.6 is 0 Å². The fraction of sp³-hybridized carbons (Fsp3) is 0.280. The highest BCUT2D eigenvalue weighted by Gasteiger charge is 2.19. The number of anilines is 1. The Morgan fingerprint density at radius 2 is 1.78 bits per heavy atom. The van der Waals surface area contributed by atoms with Crippen molar-refractivity contribution in [1.29, 1.82) is 0 Å². The van der Waals surface area contributed by atoms with E-state index in [2.05, 4.69) is 43.0 Å². The fourth-order valence-electron chi connectivity index (χ4n) is 4.22. The normalized spacial score (nSPS) is 15.2. The van der Waals surface area contributed by atoms with Crippen LogP contribution in [0.1, 0.15) is 28.5 Å². The van der Waals surface area contributed by atoms with E-state index in [0.717, 1.165) is 70.8 Å². The van der Waals surface area contributed by atoms with Crippen molar-refractivity contribution in [2.45, 2.75) is 20.0 Å². The summed E-state index contributed by atoms with van der Waals surface area (Å²) in [6, 6.07) is 12.4. The minimum absolute atomic E-state index is 0.614. The number of hydrogen-bond acceptors (Lipinski definition) is 7. The summed E-state index contributed by atoms with van der Waals surface area (Å²) < 4.78 is 5.47. The lowest BCUT2D eigenvalue weighted by Gasteiger charge is -2.29. The number of hydrogen-bond donors (Lipinski definition) is 1. The van der Waals surface area contributed by atoms with E-state index in [-0.39, 0.29) is 0 Å². The SMILES string of the molecule is Cc1ccc(-c2ncnc3cc(N4CCOCC4)ccc23)cc1C(O)c1ncncc1C. The van der Waals surface area contributed by atoms with Gasteiger partial charge >= 0.3 is 0 Å². The Balaban J connectivity index is 1.55. The molecule has 0 bridgehead atoms. The molecule has 1 atom stereocenters. The predicted molar refractivity (Wildman–Crippen MR) is 124 cm³/mol. The van der Waals surface area contributed by atoms with E-state index in [1.54, 1.807) is 12.5 Å². The highest BCUT2D eigenvalue weighted by atomic mass is 16.5. The standard InChI is InChI=1S/C25H25N5O2/c1-16-3-4-18(11-21(16)25(31)23-17(2)13-26-14-28-23)24-20-6-5-19(12-22(20)27-15-29-24)30-7-9-32-10-8-30/h3-6,11-15,25,31H,7-10H2,1-2H3. The van der Waals surface area contributed by atoms with E-state index < -0.39 is 6.10 Å². The molecule has 5 rings (SSSR count). The van der Waals surface area contributed by atoms with Crippen LogP contribution in [-0.2, 0) is 4.74 Å². The number of rotatable bonds is 4. The van der Waals surface area contributed by atoms with Crippen molar-refractivity contribution in [2.75, 3.05) is 31.2 Å². The number of aliphatic hydroxyl groups is 1. The van der Waals surface area contributed by atoms with Gasteiger partial charge in [0.25, 0.3) is 0 Å². The number of ether oxygens (including phenoxy) is 1. The van der Waals surface area contributed by atoms with Crippen molar-refractivity contribution >= 4 is 16.6 Å². The summed E-state index contributed by atoms with van der Waals surface area (Å²) in [4.78, 5) is 19.8. The van der Waals surface area contributed by atoms with Gasteiger partial charge < -0.3 is 14.7 Å². The van der Waals surface area contributed by atoms with Crippen LogP contribution in [0, 0.1) is 13.8 Å². The Kier molecular flexibility index (Phi) is 5.51. The van der Waals surface area contributed by atoms with Gasteiger partial charge in [0, 0.05) is 35.9 Å². The smallest absolute Gasteiger partial charge is 0.122 e. The van der Waals surface area contributed by atoms with Crippen molar-refractivity contribution < 1.29 is 9.84 Å². The maximum absolute atomic E-state index is 11.1. The first-order valence-corrected chi connectivity index (χ1v) is 10.7. The first kappa shape index (κ1) is 20.5. The Bertz CT molecular complexity index is 1270. The Morgan fingerprint density at radius 1 is 0.938 bits per heavy atom. The molecule has 1 N–H and O–H groups in total. The minimum atomic E-state index is -0.834. The van der Waals surface area contributed by atoms with Gasteiger partial charge in [0.05, 0.1) is 30.1 Å². The fourth-order valence-corrected chi connectivity index (χ4v) is 4.22. The molecule has 1 aliphatic heterocycles. The van der Waals surface area contributed by atoms with E-state index >= 15 is 0 Å². The van der Waals surface area contributed by atoms with Crippen LogP contribution in [0.25, 0.3) is 22.2 Å². The minimum Gasteiger partial charge on any atom is -0.382 e. The zero-order chi connectivity index (χ0) is 22.1. The molecule has 2 aromatic heterocycles.